The van der Waals surface area contributed by atoms with Crippen molar-refractivity contribution in [1.82, 2.24) is 10.2 Å². The van der Waals surface area contributed by atoms with Gasteiger partial charge in [-0.25, -0.2) is 0 Å². The highest BCUT2D eigenvalue weighted by atomic mass is 15.0. The van der Waals surface area contributed by atoms with Crippen LogP contribution in [0, 0.1) is 11.8 Å². The van der Waals surface area contributed by atoms with E-state index in [0.29, 0.717) is 0 Å². The summed E-state index contributed by atoms with van der Waals surface area (Å²) in [5.74, 6) is 5.90. The normalized spacial score (nSPS) is 9.67. The van der Waals surface area contributed by atoms with Gasteiger partial charge in [0.25, 0.3) is 0 Å². The zero-order valence-corrected chi connectivity index (χ0v) is 8.48. The summed E-state index contributed by atoms with van der Waals surface area (Å²) in [7, 11) is 4.20. The molecule has 0 saturated heterocycles. The van der Waals surface area contributed by atoms with Crippen molar-refractivity contribution in [1.29, 1.82) is 0 Å². The maximum absolute atomic E-state index is 3.35. The van der Waals surface area contributed by atoms with Crippen LogP contribution in [-0.2, 0) is 0 Å². The van der Waals surface area contributed by atoms with E-state index >= 15 is 0 Å². The highest BCUT2D eigenvalue weighted by molar-refractivity contribution is 4.94. The van der Waals surface area contributed by atoms with Gasteiger partial charge in [-0.3, -0.25) is 0 Å². The number of hydrogen-bond acceptors (Lipinski definition) is 2. The Balaban J connectivity index is 2.94. The molecule has 1 N–H and O–H groups in total. The van der Waals surface area contributed by atoms with E-state index in [2.05, 4.69) is 36.2 Å². The first-order valence-corrected chi connectivity index (χ1v) is 4.52. The summed E-state index contributed by atoms with van der Waals surface area (Å²) in [6, 6.07) is 0. The minimum Gasteiger partial charge on any atom is -0.316 e. The SMILES string of the molecule is CC#CCCNCCCN(C)C. The van der Waals surface area contributed by atoms with Crippen molar-refractivity contribution < 1.29 is 0 Å². The van der Waals surface area contributed by atoms with Crippen molar-refractivity contribution in [3.63, 3.8) is 0 Å². The summed E-state index contributed by atoms with van der Waals surface area (Å²) < 4.78 is 0. The van der Waals surface area contributed by atoms with Gasteiger partial charge in [-0.1, -0.05) is 0 Å². The molecule has 0 rings (SSSR count). The average Bonchev–Trinajstić information content (AvgIpc) is 2.02. The monoisotopic (exact) mass is 168 g/mol. The van der Waals surface area contributed by atoms with Gasteiger partial charge in [-0.2, -0.15) is 0 Å². The first-order valence-electron chi connectivity index (χ1n) is 4.52. The summed E-state index contributed by atoms with van der Waals surface area (Å²) in [6.07, 6.45) is 2.19. The van der Waals surface area contributed by atoms with Gasteiger partial charge in [0.2, 0.25) is 0 Å². The second-order valence-electron chi connectivity index (χ2n) is 3.08. The Morgan fingerprint density at radius 1 is 1.25 bits per heavy atom. The highest BCUT2D eigenvalue weighted by Gasteiger charge is 1.89. The molecule has 0 radical (unpaired) electrons. The maximum Gasteiger partial charge on any atom is 0.0214 e. The number of nitrogens with zero attached hydrogens (tertiary/aromatic N) is 1. The van der Waals surface area contributed by atoms with Crippen molar-refractivity contribution in [2.24, 2.45) is 0 Å². The third-order valence-electron chi connectivity index (χ3n) is 1.56. The van der Waals surface area contributed by atoms with Crippen LogP contribution in [0.2, 0.25) is 0 Å². The molecule has 12 heavy (non-hydrogen) atoms. The highest BCUT2D eigenvalue weighted by Crippen LogP contribution is 1.80. The molecule has 2 nitrogen and oxygen atoms in total. The maximum atomic E-state index is 3.35. The Kier molecular flexibility index (Phi) is 8.20. The fourth-order valence-electron chi connectivity index (χ4n) is 0.921. The summed E-state index contributed by atoms with van der Waals surface area (Å²) in [4.78, 5) is 2.20. The van der Waals surface area contributed by atoms with E-state index in [1.807, 2.05) is 6.92 Å². The van der Waals surface area contributed by atoms with E-state index in [1.54, 1.807) is 0 Å². The summed E-state index contributed by atoms with van der Waals surface area (Å²) in [5.41, 5.74) is 0. The molecule has 0 atom stereocenters. The smallest absolute Gasteiger partial charge is 0.0214 e. The van der Waals surface area contributed by atoms with Gasteiger partial charge in [0.05, 0.1) is 0 Å². The number of hydrogen-bond donors (Lipinski definition) is 1. The van der Waals surface area contributed by atoms with Crippen LogP contribution in [0.15, 0.2) is 0 Å². The van der Waals surface area contributed by atoms with Crippen molar-refractivity contribution in [3.05, 3.63) is 0 Å². The molecule has 2 heteroatoms. The van der Waals surface area contributed by atoms with E-state index < -0.39 is 0 Å². The molecule has 0 aromatic rings. The van der Waals surface area contributed by atoms with Crippen LogP contribution in [0.4, 0.5) is 0 Å². The minimum absolute atomic E-state index is 0.971. The first kappa shape index (κ1) is 11.5. The van der Waals surface area contributed by atoms with Gasteiger partial charge in [0, 0.05) is 13.0 Å². The molecule has 0 amide bonds. The predicted octanol–water partition coefficient (Wildman–Crippen LogP) is 0.941. The topological polar surface area (TPSA) is 15.3 Å². The Morgan fingerprint density at radius 2 is 2.00 bits per heavy atom. The molecular weight excluding hydrogens is 148 g/mol. The van der Waals surface area contributed by atoms with Crippen LogP contribution in [0.25, 0.3) is 0 Å². The summed E-state index contributed by atoms with van der Waals surface area (Å²) in [5, 5.41) is 3.35. The molecule has 70 valence electrons. The fourth-order valence-corrected chi connectivity index (χ4v) is 0.921. The van der Waals surface area contributed by atoms with Crippen LogP contribution >= 0.6 is 0 Å². The van der Waals surface area contributed by atoms with Crippen molar-refractivity contribution >= 4 is 0 Å². The Labute approximate surface area is 76.3 Å². The lowest BCUT2D eigenvalue weighted by Crippen LogP contribution is -2.21. The number of rotatable bonds is 6. The molecule has 0 saturated carbocycles. The molecule has 0 aliphatic carbocycles. The van der Waals surface area contributed by atoms with Crippen molar-refractivity contribution in [2.45, 2.75) is 19.8 Å². The van der Waals surface area contributed by atoms with Gasteiger partial charge in [-0.05, 0) is 40.5 Å². The Bertz CT molecular complexity index is 142. The molecule has 0 aromatic carbocycles. The predicted molar refractivity (Wildman–Crippen MR) is 54.1 cm³/mol. The lowest BCUT2D eigenvalue weighted by molar-refractivity contribution is 0.395. The molecule has 0 heterocycles. The van der Waals surface area contributed by atoms with E-state index in [4.69, 9.17) is 0 Å². The van der Waals surface area contributed by atoms with Gasteiger partial charge >= 0.3 is 0 Å². The summed E-state index contributed by atoms with van der Waals surface area (Å²) in [6.45, 7) is 5.16. The fraction of sp³-hybridized carbons (Fsp3) is 0.800. The van der Waals surface area contributed by atoms with Gasteiger partial charge in [0.15, 0.2) is 0 Å². The van der Waals surface area contributed by atoms with Crippen LogP contribution in [0.5, 0.6) is 0 Å². The molecule has 0 fully saturated rings. The van der Waals surface area contributed by atoms with Crippen LogP contribution in [0.1, 0.15) is 19.8 Å². The van der Waals surface area contributed by atoms with Crippen molar-refractivity contribution in [3.8, 4) is 11.8 Å². The van der Waals surface area contributed by atoms with Crippen LogP contribution in [-0.4, -0.2) is 38.6 Å². The largest absolute Gasteiger partial charge is 0.316 e. The molecule has 0 spiro atoms. The standard InChI is InChI=1S/C10H20N2/c1-4-5-6-8-11-9-7-10-12(2)3/h11H,6-10H2,1-3H3. The second-order valence-corrected chi connectivity index (χ2v) is 3.08. The van der Waals surface area contributed by atoms with Crippen LogP contribution in [0.3, 0.4) is 0 Å². The Morgan fingerprint density at radius 3 is 2.58 bits per heavy atom. The van der Waals surface area contributed by atoms with E-state index in [0.717, 1.165) is 26.1 Å². The zero-order valence-electron chi connectivity index (χ0n) is 8.48. The Hall–Kier alpha value is -0.520. The molecule has 0 bridgehead atoms. The van der Waals surface area contributed by atoms with E-state index in [1.165, 1.54) is 6.42 Å². The van der Waals surface area contributed by atoms with Gasteiger partial charge in [-0.15, -0.1) is 11.8 Å². The lowest BCUT2D eigenvalue weighted by atomic mass is 10.3. The lowest BCUT2D eigenvalue weighted by Gasteiger charge is -2.08. The minimum atomic E-state index is 0.971. The zero-order chi connectivity index (χ0) is 9.23. The number of nitrogens with one attached hydrogen (secondary N) is 1. The molecule has 0 aliphatic heterocycles. The summed E-state index contributed by atoms with van der Waals surface area (Å²) >= 11 is 0. The quantitative estimate of drug-likeness (QED) is 0.469. The van der Waals surface area contributed by atoms with Crippen LogP contribution < -0.4 is 5.32 Å². The molecule has 0 unspecified atom stereocenters. The average molecular weight is 168 g/mol. The second kappa shape index (κ2) is 8.58. The molecule has 0 aliphatic rings. The van der Waals surface area contributed by atoms with Gasteiger partial charge in [0.1, 0.15) is 0 Å². The van der Waals surface area contributed by atoms with Gasteiger partial charge < -0.3 is 10.2 Å². The van der Waals surface area contributed by atoms with E-state index in [-0.39, 0.29) is 0 Å². The molecular formula is C10H20N2. The molecule has 0 aromatic heterocycles. The first-order chi connectivity index (χ1) is 5.77. The third kappa shape index (κ3) is 9.48. The van der Waals surface area contributed by atoms with Crippen molar-refractivity contribution in [2.75, 3.05) is 33.7 Å². The third-order valence-corrected chi connectivity index (χ3v) is 1.56. The van der Waals surface area contributed by atoms with E-state index in [9.17, 15) is 0 Å².